The number of ether oxygens (including phenoxy) is 1. The van der Waals surface area contributed by atoms with Gasteiger partial charge in [0.2, 0.25) is 0 Å². The summed E-state index contributed by atoms with van der Waals surface area (Å²) in [4.78, 5) is 35.3. The zero-order valence-electron chi connectivity index (χ0n) is 12.6. The van der Waals surface area contributed by atoms with Gasteiger partial charge in [0.15, 0.2) is 12.4 Å². The number of nitrogens with one attached hydrogen (secondary N) is 1. The lowest BCUT2D eigenvalue weighted by atomic mass is 10.1. The summed E-state index contributed by atoms with van der Waals surface area (Å²) in [6.07, 6.45) is 0. The van der Waals surface area contributed by atoms with Crippen LogP contribution >= 0.6 is 15.9 Å². The molecule has 0 unspecified atom stereocenters. The molecule has 0 aromatic heterocycles. The fraction of sp³-hybridized carbons (Fsp3) is 0.118. The van der Waals surface area contributed by atoms with Gasteiger partial charge in [0.05, 0.1) is 11.3 Å². The molecule has 1 N–H and O–H groups in total. The van der Waals surface area contributed by atoms with Gasteiger partial charge >= 0.3 is 5.97 Å². The van der Waals surface area contributed by atoms with E-state index in [0.29, 0.717) is 11.3 Å². The minimum absolute atomic E-state index is 0.105. The summed E-state index contributed by atoms with van der Waals surface area (Å²) in [6, 6.07) is 10.0. The number of Topliss-reactive ketones (excluding diaryl/α,β-unsaturated/α-hetero) is 1. The van der Waals surface area contributed by atoms with Crippen molar-refractivity contribution in [1.82, 2.24) is 0 Å². The van der Waals surface area contributed by atoms with Crippen molar-refractivity contribution in [2.45, 2.75) is 6.92 Å². The van der Waals surface area contributed by atoms with Crippen LogP contribution in [-0.4, -0.2) is 24.3 Å². The molecule has 0 saturated carbocycles. The molecule has 0 saturated heterocycles. The second-order valence-electron chi connectivity index (χ2n) is 4.85. The largest absolute Gasteiger partial charge is 0.452 e. The zero-order chi connectivity index (χ0) is 17.7. The highest BCUT2D eigenvalue weighted by molar-refractivity contribution is 9.10. The lowest BCUT2D eigenvalue weighted by molar-refractivity contribution is -0.119. The molecule has 0 aliphatic rings. The third-order valence-corrected chi connectivity index (χ3v) is 3.72. The van der Waals surface area contributed by atoms with Crippen molar-refractivity contribution in [3.63, 3.8) is 0 Å². The Balaban J connectivity index is 1.99. The number of ketones is 1. The molecule has 0 radical (unpaired) electrons. The highest BCUT2D eigenvalue weighted by Crippen LogP contribution is 2.19. The van der Waals surface area contributed by atoms with Gasteiger partial charge in [-0.15, -0.1) is 0 Å². The van der Waals surface area contributed by atoms with Crippen LogP contribution in [0.3, 0.4) is 0 Å². The van der Waals surface area contributed by atoms with E-state index in [1.54, 1.807) is 24.3 Å². The smallest absolute Gasteiger partial charge is 0.339 e. The number of benzene rings is 2. The van der Waals surface area contributed by atoms with Gasteiger partial charge in [-0.25, -0.2) is 9.18 Å². The van der Waals surface area contributed by atoms with Crippen molar-refractivity contribution in [3.05, 3.63) is 63.9 Å². The SMILES string of the molecule is CC(=O)c1ccccc1NC(=O)COC(=O)c1ccc(F)cc1Br. The number of carbonyl (C=O) groups is 3. The standard InChI is InChI=1S/C17H13BrFNO4/c1-10(21)12-4-2-3-5-15(12)20-16(22)9-24-17(23)13-7-6-11(19)8-14(13)18/h2-8H,9H2,1H3,(H,20,22). The predicted molar refractivity (Wildman–Crippen MR) is 89.5 cm³/mol. The van der Waals surface area contributed by atoms with Gasteiger partial charge in [-0.05, 0) is 53.2 Å². The molecule has 24 heavy (non-hydrogen) atoms. The Hall–Kier alpha value is -2.54. The van der Waals surface area contributed by atoms with Crippen LogP contribution in [0.2, 0.25) is 0 Å². The van der Waals surface area contributed by atoms with Crippen molar-refractivity contribution >= 4 is 39.3 Å². The Kier molecular flexibility index (Phi) is 5.81. The first-order valence-corrected chi connectivity index (χ1v) is 7.70. The number of carbonyl (C=O) groups excluding carboxylic acids is 3. The van der Waals surface area contributed by atoms with Crippen LogP contribution in [0.15, 0.2) is 46.9 Å². The minimum atomic E-state index is -0.767. The number of halogens is 2. The quantitative estimate of drug-likeness (QED) is 0.622. The van der Waals surface area contributed by atoms with E-state index in [9.17, 15) is 18.8 Å². The fourth-order valence-corrected chi connectivity index (χ4v) is 2.46. The molecular formula is C17H13BrFNO4. The summed E-state index contributed by atoms with van der Waals surface area (Å²) in [5, 5.41) is 2.51. The summed E-state index contributed by atoms with van der Waals surface area (Å²) < 4.78 is 18.1. The molecule has 1 amide bonds. The average Bonchev–Trinajstić information content (AvgIpc) is 2.53. The molecule has 2 rings (SSSR count). The van der Waals surface area contributed by atoms with Crippen LogP contribution in [0.5, 0.6) is 0 Å². The van der Waals surface area contributed by atoms with Crippen molar-refractivity contribution in [2.24, 2.45) is 0 Å². The van der Waals surface area contributed by atoms with Crippen LogP contribution in [-0.2, 0) is 9.53 Å². The van der Waals surface area contributed by atoms with Gasteiger partial charge in [0, 0.05) is 10.0 Å². The van der Waals surface area contributed by atoms with E-state index < -0.39 is 24.3 Å². The number of esters is 1. The van der Waals surface area contributed by atoms with Crippen molar-refractivity contribution in [2.75, 3.05) is 11.9 Å². The Bertz CT molecular complexity index is 807. The van der Waals surface area contributed by atoms with E-state index in [-0.39, 0.29) is 15.8 Å². The highest BCUT2D eigenvalue weighted by atomic mass is 79.9. The molecule has 5 nitrogen and oxygen atoms in total. The van der Waals surface area contributed by atoms with Crippen molar-refractivity contribution in [1.29, 1.82) is 0 Å². The van der Waals surface area contributed by atoms with E-state index in [1.165, 1.54) is 13.0 Å². The normalized spacial score (nSPS) is 10.1. The van der Waals surface area contributed by atoms with Crippen LogP contribution < -0.4 is 5.32 Å². The number of hydrogen-bond acceptors (Lipinski definition) is 4. The number of rotatable bonds is 5. The Morgan fingerprint density at radius 3 is 2.50 bits per heavy atom. The lowest BCUT2D eigenvalue weighted by Gasteiger charge is -2.10. The molecule has 2 aromatic rings. The summed E-state index contributed by atoms with van der Waals surface area (Å²) in [7, 11) is 0. The molecule has 0 aliphatic carbocycles. The molecule has 0 bridgehead atoms. The minimum Gasteiger partial charge on any atom is -0.452 e. The van der Waals surface area contributed by atoms with Gasteiger partial charge < -0.3 is 10.1 Å². The molecule has 7 heteroatoms. The van der Waals surface area contributed by atoms with Gasteiger partial charge in [0.1, 0.15) is 5.82 Å². The third kappa shape index (κ3) is 4.48. The molecule has 0 spiro atoms. The second kappa shape index (κ2) is 7.83. The molecule has 124 valence electrons. The summed E-state index contributed by atoms with van der Waals surface area (Å²) in [5.41, 5.74) is 0.806. The van der Waals surface area contributed by atoms with Crippen LogP contribution in [0, 0.1) is 5.82 Å². The number of anilines is 1. The predicted octanol–water partition coefficient (Wildman–Crippen LogP) is 3.59. The van der Waals surface area contributed by atoms with E-state index in [0.717, 1.165) is 12.1 Å². The first-order chi connectivity index (χ1) is 11.4. The molecule has 2 aromatic carbocycles. The third-order valence-electron chi connectivity index (χ3n) is 3.07. The lowest BCUT2D eigenvalue weighted by Crippen LogP contribution is -2.22. The van der Waals surface area contributed by atoms with Gasteiger partial charge in [-0.3, -0.25) is 9.59 Å². The van der Waals surface area contributed by atoms with E-state index in [2.05, 4.69) is 21.2 Å². The molecular weight excluding hydrogens is 381 g/mol. The molecule has 0 heterocycles. The van der Waals surface area contributed by atoms with Crippen molar-refractivity contribution < 1.29 is 23.5 Å². The Morgan fingerprint density at radius 1 is 1.12 bits per heavy atom. The summed E-state index contributed by atoms with van der Waals surface area (Å²) >= 11 is 3.06. The number of amides is 1. The molecule has 0 aliphatic heterocycles. The molecule has 0 atom stereocenters. The first kappa shape index (κ1) is 17.8. The summed E-state index contributed by atoms with van der Waals surface area (Å²) in [6.45, 7) is 0.853. The van der Waals surface area contributed by atoms with Crippen molar-refractivity contribution in [3.8, 4) is 0 Å². The van der Waals surface area contributed by atoms with E-state index >= 15 is 0 Å². The van der Waals surface area contributed by atoms with Gasteiger partial charge in [-0.1, -0.05) is 12.1 Å². The first-order valence-electron chi connectivity index (χ1n) is 6.90. The zero-order valence-corrected chi connectivity index (χ0v) is 14.2. The van der Waals surface area contributed by atoms with E-state index in [1.807, 2.05) is 0 Å². The Labute approximate surface area is 145 Å². The van der Waals surface area contributed by atoms with Crippen LogP contribution in [0.1, 0.15) is 27.6 Å². The van der Waals surface area contributed by atoms with Crippen LogP contribution in [0.4, 0.5) is 10.1 Å². The number of para-hydroxylation sites is 1. The average molecular weight is 394 g/mol. The van der Waals surface area contributed by atoms with Gasteiger partial charge in [-0.2, -0.15) is 0 Å². The number of hydrogen-bond donors (Lipinski definition) is 1. The van der Waals surface area contributed by atoms with Gasteiger partial charge in [0.25, 0.3) is 5.91 Å². The maximum absolute atomic E-state index is 13.0. The monoisotopic (exact) mass is 393 g/mol. The topological polar surface area (TPSA) is 72.5 Å². The Morgan fingerprint density at radius 2 is 1.83 bits per heavy atom. The maximum Gasteiger partial charge on any atom is 0.339 e. The van der Waals surface area contributed by atoms with Crippen LogP contribution in [0.25, 0.3) is 0 Å². The van der Waals surface area contributed by atoms with E-state index in [4.69, 9.17) is 4.74 Å². The maximum atomic E-state index is 13.0. The summed E-state index contributed by atoms with van der Waals surface area (Å²) in [5.74, 6) is -2.05. The fourth-order valence-electron chi connectivity index (χ4n) is 1.95. The second-order valence-corrected chi connectivity index (χ2v) is 5.70. The highest BCUT2D eigenvalue weighted by Gasteiger charge is 2.15. The molecule has 0 fully saturated rings.